The third-order valence-electron chi connectivity index (χ3n) is 6.18. The number of amides is 1. The van der Waals surface area contributed by atoms with Crippen molar-refractivity contribution in [3.8, 4) is 17.2 Å². The Morgan fingerprint density at radius 2 is 1.74 bits per heavy atom. The quantitative estimate of drug-likeness (QED) is 0.734. The van der Waals surface area contributed by atoms with E-state index < -0.39 is 0 Å². The second kappa shape index (κ2) is 9.16. The summed E-state index contributed by atoms with van der Waals surface area (Å²) in [6.07, 6.45) is 0.688. The van der Waals surface area contributed by atoms with E-state index in [1.54, 1.807) is 21.3 Å². The molecule has 1 saturated heterocycles. The number of methoxy groups -OCH3 is 3. The molecule has 2 aromatic carbocycles. The highest BCUT2D eigenvalue weighted by atomic mass is 16.5. The molecular formula is C24H30N2O5. The van der Waals surface area contributed by atoms with E-state index in [0.29, 0.717) is 37.7 Å². The van der Waals surface area contributed by atoms with Gasteiger partial charge in [0.2, 0.25) is 5.91 Å². The molecule has 2 heterocycles. The molecule has 0 bridgehead atoms. The van der Waals surface area contributed by atoms with Crippen LogP contribution in [0.1, 0.15) is 28.3 Å². The fraction of sp³-hybridized carbons (Fsp3) is 0.458. The average Bonchev–Trinajstić information content (AvgIpc) is 2.78. The Hall–Kier alpha value is -2.77. The maximum atomic E-state index is 13.0. The molecule has 4 rings (SSSR count). The van der Waals surface area contributed by atoms with Crippen molar-refractivity contribution < 1.29 is 23.7 Å². The molecule has 0 aromatic heterocycles. The monoisotopic (exact) mass is 426 g/mol. The molecule has 2 aliphatic rings. The summed E-state index contributed by atoms with van der Waals surface area (Å²) >= 11 is 0. The van der Waals surface area contributed by atoms with Gasteiger partial charge in [-0.05, 0) is 18.9 Å². The van der Waals surface area contributed by atoms with Gasteiger partial charge in [-0.25, -0.2) is 0 Å². The highest BCUT2D eigenvalue weighted by Gasteiger charge is 2.43. The fourth-order valence-corrected chi connectivity index (χ4v) is 4.90. The van der Waals surface area contributed by atoms with Gasteiger partial charge in [0, 0.05) is 29.3 Å². The second-order valence-corrected chi connectivity index (χ2v) is 7.92. The van der Waals surface area contributed by atoms with Crippen LogP contribution >= 0.6 is 0 Å². The van der Waals surface area contributed by atoms with Crippen LogP contribution < -0.4 is 19.5 Å². The average molecular weight is 427 g/mol. The van der Waals surface area contributed by atoms with Crippen molar-refractivity contribution >= 4 is 5.91 Å². The number of carbonyl (C=O) groups is 1. The lowest BCUT2D eigenvalue weighted by atomic mass is 9.84. The number of nitrogens with one attached hydrogen (secondary N) is 1. The number of ether oxygens (including phenoxy) is 4. The van der Waals surface area contributed by atoms with Gasteiger partial charge in [0.15, 0.2) is 11.5 Å². The van der Waals surface area contributed by atoms with Gasteiger partial charge in [-0.1, -0.05) is 30.3 Å². The number of fused-ring (bicyclic) bond motifs is 2. The maximum Gasteiger partial charge on any atom is 0.237 e. The van der Waals surface area contributed by atoms with Crippen LogP contribution in [0.25, 0.3) is 0 Å². The van der Waals surface area contributed by atoms with Gasteiger partial charge < -0.3 is 29.2 Å². The first kappa shape index (κ1) is 21.5. The molecule has 0 aliphatic carbocycles. The molecule has 0 spiro atoms. The number of carbonyl (C=O) groups excluding carboxylic acids is 1. The van der Waals surface area contributed by atoms with Crippen molar-refractivity contribution in [2.24, 2.45) is 0 Å². The number of piperazine rings is 1. The van der Waals surface area contributed by atoms with E-state index >= 15 is 0 Å². The first-order chi connectivity index (χ1) is 15.1. The zero-order valence-corrected chi connectivity index (χ0v) is 18.6. The van der Waals surface area contributed by atoms with Gasteiger partial charge in [-0.3, -0.25) is 4.79 Å². The minimum atomic E-state index is -0.287. The van der Waals surface area contributed by atoms with Crippen LogP contribution in [0.2, 0.25) is 0 Å². The lowest BCUT2D eigenvalue weighted by molar-refractivity contribution is -0.141. The van der Waals surface area contributed by atoms with Gasteiger partial charge in [-0.2, -0.15) is 0 Å². The summed E-state index contributed by atoms with van der Waals surface area (Å²) < 4.78 is 23.5. The van der Waals surface area contributed by atoms with Crippen LogP contribution in [0, 0.1) is 6.92 Å². The van der Waals surface area contributed by atoms with Gasteiger partial charge in [0.1, 0.15) is 5.75 Å². The van der Waals surface area contributed by atoms with Crippen molar-refractivity contribution in [3.05, 3.63) is 52.6 Å². The van der Waals surface area contributed by atoms with E-state index in [2.05, 4.69) is 5.32 Å². The summed E-state index contributed by atoms with van der Waals surface area (Å²) in [4.78, 5) is 14.9. The molecule has 1 N–H and O–H groups in total. The van der Waals surface area contributed by atoms with Crippen molar-refractivity contribution in [2.45, 2.75) is 32.0 Å². The van der Waals surface area contributed by atoms with Crippen molar-refractivity contribution in [2.75, 3.05) is 41.0 Å². The molecule has 166 valence electrons. The van der Waals surface area contributed by atoms with Crippen LogP contribution in [0.15, 0.2) is 30.3 Å². The maximum absolute atomic E-state index is 13.0. The zero-order valence-electron chi connectivity index (χ0n) is 18.6. The summed E-state index contributed by atoms with van der Waals surface area (Å²) in [5, 5.41) is 3.24. The highest BCUT2D eigenvalue weighted by Crippen LogP contribution is 2.50. The number of hydrogen-bond acceptors (Lipinski definition) is 6. The number of rotatable bonds is 7. The molecule has 2 aromatic rings. The van der Waals surface area contributed by atoms with E-state index in [0.717, 1.165) is 34.5 Å². The number of hydrogen-bond donors (Lipinski definition) is 1. The molecule has 1 fully saturated rings. The third kappa shape index (κ3) is 3.83. The largest absolute Gasteiger partial charge is 0.496 e. The Morgan fingerprint density at radius 1 is 1.03 bits per heavy atom. The van der Waals surface area contributed by atoms with Gasteiger partial charge in [-0.15, -0.1) is 0 Å². The molecule has 0 radical (unpaired) electrons. The van der Waals surface area contributed by atoms with Crippen LogP contribution in [0.5, 0.6) is 17.2 Å². The normalized spacial score (nSPS) is 20.1. The molecule has 1 amide bonds. The van der Waals surface area contributed by atoms with Crippen LogP contribution in [-0.4, -0.2) is 57.9 Å². The van der Waals surface area contributed by atoms with E-state index in [-0.39, 0.29) is 18.0 Å². The predicted octanol–water partition coefficient (Wildman–Crippen LogP) is 2.64. The smallest absolute Gasteiger partial charge is 0.237 e. The third-order valence-corrected chi connectivity index (χ3v) is 6.18. The predicted molar refractivity (Wildman–Crippen MR) is 117 cm³/mol. The Bertz CT molecular complexity index is 947. The second-order valence-electron chi connectivity index (χ2n) is 7.92. The fourth-order valence-electron chi connectivity index (χ4n) is 4.90. The van der Waals surface area contributed by atoms with Gasteiger partial charge >= 0.3 is 0 Å². The van der Waals surface area contributed by atoms with Crippen molar-refractivity contribution in [1.82, 2.24) is 10.2 Å². The van der Waals surface area contributed by atoms with Crippen molar-refractivity contribution in [1.29, 1.82) is 0 Å². The number of nitrogens with zero attached hydrogens (tertiary/aromatic N) is 1. The Balaban J connectivity index is 1.78. The molecule has 0 saturated carbocycles. The lowest BCUT2D eigenvalue weighted by Crippen LogP contribution is -2.59. The molecule has 7 nitrogen and oxygen atoms in total. The van der Waals surface area contributed by atoms with E-state index in [1.165, 1.54) is 0 Å². The molecule has 2 aliphatic heterocycles. The Morgan fingerprint density at radius 3 is 2.42 bits per heavy atom. The van der Waals surface area contributed by atoms with Crippen molar-refractivity contribution in [3.63, 3.8) is 0 Å². The zero-order chi connectivity index (χ0) is 22.0. The summed E-state index contributed by atoms with van der Waals surface area (Å²) in [6, 6.07) is 9.78. The number of benzene rings is 2. The van der Waals surface area contributed by atoms with Crippen LogP contribution in [-0.2, 0) is 22.6 Å². The SMILES string of the molecule is COc1c(C)c(OC)c(OC)c2c1C[C@H]1CNCC(=O)N1[C@H]2COCc1ccccc1. The Kier molecular flexibility index (Phi) is 6.34. The molecule has 2 atom stereocenters. The highest BCUT2D eigenvalue weighted by molar-refractivity contribution is 5.81. The molecular weight excluding hydrogens is 396 g/mol. The first-order valence-corrected chi connectivity index (χ1v) is 10.6. The summed E-state index contributed by atoms with van der Waals surface area (Å²) in [5.74, 6) is 2.13. The molecule has 0 unspecified atom stereocenters. The van der Waals surface area contributed by atoms with Crippen LogP contribution in [0.4, 0.5) is 0 Å². The van der Waals surface area contributed by atoms with Crippen LogP contribution in [0.3, 0.4) is 0 Å². The first-order valence-electron chi connectivity index (χ1n) is 10.6. The molecule has 7 heteroatoms. The van der Waals surface area contributed by atoms with E-state index in [4.69, 9.17) is 18.9 Å². The van der Waals surface area contributed by atoms with E-state index in [9.17, 15) is 4.79 Å². The van der Waals surface area contributed by atoms with Gasteiger partial charge in [0.25, 0.3) is 0 Å². The van der Waals surface area contributed by atoms with E-state index in [1.807, 2.05) is 42.2 Å². The summed E-state index contributed by atoms with van der Waals surface area (Å²) in [7, 11) is 4.93. The topological polar surface area (TPSA) is 69.3 Å². The standard InChI is InChI=1S/C24H30N2O5/c1-15-22(28-2)18-10-17-11-25-12-20(27)26(17)19(21(18)24(30-4)23(15)29-3)14-31-13-16-8-6-5-7-9-16/h5-9,17,19,25H,10-14H2,1-4H3/t17-,19-/m0/s1. The molecule has 31 heavy (non-hydrogen) atoms. The Labute approximate surface area is 183 Å². The lowest BCUT2D eigenvalue weighted by Gasteiger charge is -2.46. The minimum Gasteiger partial charge on any atom is -0.496 e. The van der Waals surface area contributed by atoms with Gasteiger partial charge in [0.05, 0.1) is 47.1 Å². The minimum absolute atomic E-state index is 0.0328. The summed E-state index contributed by atoms with van der Waals surface area (Å²) in [5.41, 5.74) is 3.96. The summed E-state index contributed by atoms with van der Waals surface area (Å²) in [6.45, 7) is 3.86.